The van der Waals surface area contributed by atoms with Crippen LogP contribution in [0.1, 0.15) is 25.5 Å². The Morgan fingerprint density at radius 1 is 1.41 bits per heavy atom. The average Bonchev–Trinajstić information content (AvgIpc) is 2.31. The van der Waals surface area contributed by atoms with Crippen LogP contribution in [0.25, 0.3) is 0 Å². The van der Waals surface area contributed by atoms with Gasteiger partial charge < -0.3 is 5.73 Å². The molecule has 2 heterocycles. The summed E-state index contributed by atoms with van der Waals surface area (Å²) in [6, 6.07) is 6.46. The van der Waals surface area contributed by atoms with Gasteiger partial charge in [0, 0.05) is 18.8 Å². The lowest BCUT2D eigenvalue weighted by molar-refractivity contribution is 0.164. The summed E-state index contributed by atoms with van der Waals surface area (Å²) in [5.74, 6) is 0.708. The van der Waals surface area contributed by atoms with Gasteiger partial charge in [-0.2, -0.15) is 0 Å². The molecule has 0 bridgehead atoms. The van der Waals surface area contributed by atoms with Gasteiger partial charge in [0.15, 0.2) is 0 Å². The third kappa shape index (κ3) is 4.26. The standard InChI is InChI=1S/C13H21N3.ClH/c1-11(14)12-5-8-16(9-6-12)10-13-4-2-3-7-15-13;/h2-4,7,11-12H,5-6,8-10,14H2,1H3;1H. The van der Waals surface area contributed by atoms with Crippen molar-refractivity contribution in [2.24, 2.45) is 11.7 Å². The minimum Gasteiger partial charge on any atom is -0.328 e. The molecule has 0 radical (unpaired) electrons. The zero-order chi connectivity index (χ0) is 11.4. The number of nitrogens with two attached hydrogens (primary N) is 1. The van der Waals surface area contributed by atoms with Crippen LogP contribution in [0.4, 0.5) is 0 Å². The normalized spacial score (nSPS) is 19.6. The lowest BCUT2D eigenvalue weighted by Crippen LogP contribution is -2.39. The van der Waals surface area contributed by atoms with E-state index in [0.29, 0.717) is 12.0 Å². The van der Waals surface area contributed by atoms with E-state index in [0.717, 1.165) is 19.6 Å². The molecule has 0 aliphatic carbocycles. The predicted molar refractivity (Wildman–Crippen MR) is 73.1 cm³/mol. The molecule has 96 valence electrons. The first-order valence-corrected chi connectivity index (χ1v) is 6.13. The topological polar surface area (TPSA) is 42.1 Å². The van der Waals surface area contributed by atoms with Crippen molar-refractivity contribution in [2.45, 2.75) is 32.4 Å². The smallest absolute Gasteiger partial charge is 0.0543 e. The monoisotopic (exact) mass is 255 g/mol. The van der Waals surface area contributed by atoms with E-state index in [1.807, 2.05) is 12.3 Å². The first-order valence-electron chi connectivity index (χ1n) is 6.13. The molecule has 2 rings (SSSR count). The number of likely N-dealkylation sites (tertiary alicyclic amines) is 1. The molecule has 3 nitrogen and oxygen atoms in total. The second-order valence-corrected chi connectivity index (χ2v) is 4.79. The van der Waals surface area contributed by atoms with E-state index in [1.54, 1.807) is 0 Å². The molecule has 1 aromatic rings. The van der Waals surface area contributed by atoms with Crippen molar-refractivity contribution in [3.8, 4) is 0 Å². The van der Waals surface area contributed by atoms with Gasteiger partial charge in [-0.25, -0.2) is 0 Å². The van der Waals surface area contributed by atoms with Crippen LogP contribution < -0.4 is 5.73 Å². The maximum absolute atomic E-state index is 5.93. The number of aromatic nitrogens is 1. The number of rotatable bonds is 3. The largest absolute Gasteiger partial charge is 0.328 e. The second-order valence-electron chi connectivity index (χ2n) is 4.79. The molecule has 1 atom stereocenters. The number of pyridine rings is 1. The van der Waals surface area contributed by atoms with E-state index in [9.17, 15) is 0 Å². The Labute approximate surface area is 110 Å². The van der Waals surface area contributed by atoms with Gasteiger partial charge in [0.25, 0.3) is 0 Å². The van der Waals surface area contributed by atoms with E-state index in [1.165, 1.54) is 18.5 Å². The Hall–Kier alpha value is -0.640. The van der Waals surface area contributed by atoms with Crippen molar-refractivity contribution in [2.75, 3.05) is 13.1 Å². The lowest BCUT2D eigenvalue weighted by atomic mass is 9.91. The molecule has 1 aromatic heterocycles. The van der Waals surface area contributed by atoms with Gasteiger partial charge in [0.05, 0.1) is 5.69 Å². The maximum Gasteiger partial charge on any atom is 0.0543 e. The quantitative estimate of drug-likeness (QED) is 0.899. The molecule has 1 aliphatic heterocycles. The molecule has 0 aromatic carbocycles. The van der Waals surface area contributed by atoms with Gasteiger partial charge in [0.1, 0.15) is 0 Å². The molecule has 0 amide bonds. The molecule has 0 spiro atoms. The van der Waals surface area contributed by atoms with Gasteiger partial charge >= 0.3 is 0 Å². The molecular weight excluding hydrogens is 234 g/mol. The maximum atomic E-state index is 5.93. The molecule has 1 fully saturated rings. The van der Waals surface area contributed by atoms with Gasteiger partial charge in [-0.05, 0) is 50.9 Å². The fourth-order valence-electron chi connectivity index (χ4n) is 2.36. The zero-order valence-electron chi connectivity index (χ0n) is 10.4. The summed E-state index contributed by atoms with van der Waals surface area (Å²) in [6.07, 6.45) is 4.32. The Morgan fingerprint density at radius 3 is 2.65 bits per heavy atom. The number of halogens is 1. The minimum atomic E-state index is 0. The van der Waals surface area contributed by atoms with Crippen LogP contribution in [0.15, 0.2) is 24.4 Å². The van der Waals surface area contributed by atoms with E-state index in [-0.39, 0.29) is 12.4 Å². The molecule has 4 heteroatoms. The lowest BCUT2D eigenvalue weighted by Gasteiger charge is -2.33. The van der Waals surface area contributed by atoms with Crippen LogP contribution >= 0.6 is 12.4 Å². The van der Waals surface area contributed by atoms with Gasteiger partial charge in [-0.15, -0.1) is 12.4 Å². The molecule has 0 saturated carbocycles. The van der Waals surface area contributed by atoms with E-state index < -0.39 is 0 Å². The second kappa shape index (κ2) is 6.94. The molecule has 1 unspecified atom stereocenters. The number of hydrogen-bond acceptors (Lipinski definition) is 3. The van der Waals surface area contributed by atoms with Crippen molar-refractivity contribution >= 4 is 12.4 Å². The number of piperidine rings is 1. The van der Waals surface area contributed by atoms with Crippen LogP contribution in [-0.4, -0.2) is 29.0 Å². The van der Waals surface area contributed by atoms with Crippen LogP contribution in [-0.2, 0) is 6.54 Å². The van der Waals surface area contributed by atoms with E-state index >= 15 is 0 Å². The SMILES string of the molecule is CC(N)C1CCN(Cc2ccccn2)CC1.Cl. The van der Waals surface area contributed by atoms with Crippen LogP contribution in [0.2, 0.25) is 0 Å². The summed E-state index contributed by atoms with van der Waals surface area (Å²) in [4.78, 5) is 6.83. The van der Waals surface area contributed by atoms with Crippen molar-refractivity contribution in [3.05, 3.63) is 30.1 Å². The van der Waals surface area contributed by atoms with Crippen molar-refractivity contribution in [1.29, 1.82) is 0 Å². The Bertz CT molecular complexity index is 308. The highest BCUT2D eigenvalue weighted by molar-refractivity contribution is 5.85. The predicted octanol–water partition coefficient (Wildman–Crippen LogP) is 2.06. The third-order valence-corrected chi connectivity index (χ3v) is 3.49. The molecule has 17 heavy (non-hydrogen) atoms. The first-order chi connectivity index (χ1) is 7.75. The van der Waals surface area contributed by atoms with Gasteiger partial charge in [-0.3, -0.25) is 9.88 Å². The van der Waals surface area contributed by atoms with Crippen LogP contribution in [0, 0.1) is 5.92 Å². The van der Waals surface area contributed by atoms with E-state index in [2.05, 4.69) is 28.9 Å². The van der Waals surface area contributed by atoms with Crippen LogP contribution in [0.5, 0.6) is 0 Å². The van der Waals surface area contributed by atoms with Crippen molar-refractivity contribution in [3.63, 3.8) is 0 Å². The molecule has 1 saturated heterocycles. The number of nitrogens with zero attached hydrogens (tertiary/aromatic N) is 2. The fourth-order valence-corrected chi connectivity index (χ4v) is 2.36. The first kappa shape index (κ1) is 14.4. The van der Waals surface area contributed by atoms with Crippen molar-refractivity contribution < 1.29 is 0 Å². The van der Waals surface area contributed by atoms with Crippen LogP contribution in [0.3, 0.4) is 0 Å². The number of hydrogen-bond donors (Lipinski definition) is 1. The molecule has 1 aliphatic rings. The molecule has 2 N–H and O–H groups in total. The Balaban J connectivity index is 0.00000144. The minimum absolute atomic E-state index is 0. The summed E-state index contributed by atoms with van der Waals surface area (Å²) in [5.41, 5.74) is 7.10. The zero-order valence-corrected chi connectivity index (χ0v) is 11.2. The Kier molecular flexibility index (Phi) is 5.89. The van der Waals surface area contributed by atoms with Gasteiger partial charge in [-0.1, -0.05) is 6.07 Å². The summed E-state index contributed by atoms with van der Waals surface area (Å²) >= 11 is 0. The summed E-state index contributed by atoms with van der Waals surface area (Å²) in [7, 11) is 0. The van der Waals surface area contributed by atoms with Crippen molar-refractivity contribution in [1.82, 2.24) is 9.88 Å². The average molecular weight is 256 g/mol. The summed E-state index contributed by atoms with van der Waals surface area (Å²) in [5, 5.41) is 0. The summed E-state index contributed by atoms with van der Waals surface area (Å²) < 4.78 is 0. The Morgan fingerprint density at radius 2 is 2.12 bits per heavy atom. The fraction of sp³-hybridized carbons (Fsp3) is 0.615. The third-order valence-electron chi connectivity index (χ3n) is 3.49. The molecular formula is C13H22ClN3. The summed E-state index contributed by atoms with van der Waals surface area (Å²) in [6.45, 7) is 5.41. The van der Waals surface area contributed by atoms with Gasteiger partial charge in [0.2, 0.25) is 0 Å². The highest BCUT2D eigenvalue weighted by Gasteiger charge is 2.21. The highest BCUT2D eigenvalue weighted by Crippen LogP contribution is 2.20. The van der Waals surface area contributed by atoms with E-state index in [4.69, 9.17) is 5.73 Å². The highest BCUT2D eigenvalue weighted by atomic mass is 35.5.